The highest BCUT2D eigenvalue weighted by Gasteiger charge is 2.31. The lowest BCUT2D eigenvalue weighted by atomic mass is 10.1. The third-order valence-electron chi connectivity index (χ3n) is 2.50. The van der Waals surface area contributed by atoms with Gasteiger partial charge in [0.1, 0.15) is 5.82 Å². The summed E-state index contributed by atoms with van der Waals surface area (Å²) in [6.45, 7) is 4.47. The van der Waals surface area contributed by atoms with E-state index in [1.54, 1.807) is 0 Å². The first kappa shape index (κ1) is 16.4. The Labute approximate surface area is 114 Å². The van der Waals surface area contributed by atoms with Crippen LogP contribution in [-0.2, 0) is 6.18 Å². The highest BCUT2D eigenvalue weighted by Crippen LogP contribution is 2.30. The highest BCUT2D eigenvalue weighted by molar-refractivity contribution is 5.94. The minimum absolute atomic E-state index is 0.201. The van der Waals surface area contributed by atoms with Crippen LogP contribution >= 0.6 is 0 Å². The molecule has 1 aromatic carbocycles. The Balaban J connectivity index is 2.72. The van der Waals surface area contributed by atoms with E-state index in [-0.39, 0.29) is 12.6 Å². The van der Waals surface area contributed by atoms with Crippen molar-refractivity contribution >= 4 is 5.91 Å². The van der Waals surface area contributed by atoms with E-state index >= 15 is 0 Å². The van der Waals surface area contributed by atoms with E-state index in [9.17, 15) is 22.4 Å². The summed E-state index contributed by atoms with van der Waals surface area (Å²) >= 11 is 0. The van der Waals surface area contributed by atoms with Gasteiger partial charge in [-0.25, -0.2) is 4.39 Å². The van der Waals surface area contributed by atoms with Crippen LogP contribution in [-0.4, -0.2) is 25.0 Å². The smallest absolute Gasteiger partial charge is 0.351 e. The van der Waals surface area contributed by atoms with Gasteiger partial charge in [0.05, 0.1) is 11.1 Å². The Hall–Kier alpha value is -1.63. The number of benzene rings is 1. The maximum atomic E-state index is 13.4. The Kier molecular flexibility index (Phi) is 5.50. The van der Waals surface area contributed by atoms with Crippen LogP contribution in [0.3, 0.4) is 0 Å². The van der Waals surface area contributed by atoms with Gasteiger partial charge < -0.3 is 10.6 Å². The fraction of sp³-hybridized carbons (Fsp3) is 0.462. The van der Waals surface area contributed by atoms with Crippen molar-refractivity contribution in [2.75, 3.05) is 13.1 Å². The molecule has 0 aliphatic heterocycles. The average molecular weight is 292 g/mol. The molecule has 0 atom stereocenters. The number of carbonyl (C=O) groups excluding carboxylic acids is 1. The van der Waals surface area contributed by atoms with Gasteiger partial charge in [0.2, 0.25) is 0 Å². The van der Waals surface area contributed by atoms with Crippen LogP contribution in [0, 0.1) is 5.82 Å². The van der Waals surface area contributed by atoms with E-state index in [1.807, 2.05) is 13.8 Å². The van der Waals surface area contributed by atoms with Gasteiger partial charge in [-0.2, -0.15) is 13.2 Å². The number of alkyl halides is 3. The lowest BCUT2D eigenvalue weighted by Gasteiger charge is -2.11. The Morgan fingerprint density at radius 2 is 1.90 bits per heavy atom. The zero-order valence-corrected chi connectivity index (χ0v) is 11.1. The molecule has 7 heteroatoms. The van der Waals surface area contributed by atoms with Gasteiger partial charge in [-0.05, 0) is 18.2 Å². The van der Waals surface area contributed by atoms with Crippen molar-refractivity contribution in [1.82, 2.24) is 10.6 Å². The molecule has 1 amide bonds. The molecule has 0 bridgehead atoms. The van der Waals surface area contributed by atoms with E-state index in [4.69, 9.17) is 0 Å². The molecule has 0 saturated heterocycles. The number of amides is 1. The van der Waals surface area contributed by atoms with Gasteiger partial charge in [0, 0.05) is 19.1 Å². The predicted octanol–water partition coefficient (Wildman–Crippen LogP) is 2.57. The quantitative estimate of drug-likeness (QED) is 0.647. The van der Waals surface area contributed by atoms with Crippen molar-refractivity contribution in [3.63, 3.8) is 0 Å². The minimum atomic E-state index is -4.61. The van der Waals surface area contributed by atoms with Crippen LogP contribution in [0.1, 0.15) is 29.8 Å². The normalized spacial score (nSPS) is 11.8. The summed E-state index contributed by atoms with van der Waals surface area (Å²) in [6, 6.07) is 1.98. The number of hydrogen-bond donors (Lipinski definition) is 2. The molecule has 3 nitrogen and oxygen atoms in total. The zero-order valence-electron chi connectivity index (χ0n) is 11.1. The number of hydrogen-bond acceptors (Lipinski definition) is 2. The Bertz CT molecular complexity index is 472. The lowest BCUT2D eigenvalue weighted by molar-refractivity contribution is -0.137. The molecule has 0 fully saturated rings. The van der Waals surface area contributed by atoms with E-state index in [1.165, 1.54) is 0 Å². The summed E-state index contributed by atoms with van der Waals surface area (Å²) in [4.78, 5) is 11.6. The second-order valence-electron chi connectivity index (χ2n) is 4.56. The van der Waals surface area contributed by atoms with E-state index < -0.39 is 29.0 Å². The second-order valence-corrected chi connectivity index (χ2v) is 4.56. The van der Waals surface area contributed by atoms with Gasteiger partial charge in [-0.15, -0.1) is 0 Å². The summed E-state index contributed by atoms with van der Waals surface area (Å²) < 4.78 is 50.9. The maximum absolute atomic E-state index is 13.4. The first-order chi connectivity index (χ1) is 9.21. The zero-order chi connectivity index (χ0) is 15.3. The minimum Gasteiger partial charge on any atom is -0.351 e. The molecule has 0 unspecified atom stereocenters. The van der Waals surface area contributed by atoms with E-state index in [2.05, 4.69) is 10.6 Å². The SMILES string of the molecule is CC(C)NCCNC(=O)c1cc(C(F)(F)F)ccc1F. The van der Waals surface area contributed by atoms with Crippen molar-refractivity contribution in [3.8, 4) is 0 Å². The first-order valence-corrected chi connectivity index (χ1v) is 6.10. The van der Waals surface area contributed by atoms with Crippen molar-refractivity contribution < 1.29 is 22.4 Å². The fourth-order valence-corrected chi connectivity index (χ4v) is 1.51. The molecule has 2 N–H and O–H groups in total. The number of halogens is 4. The van der Waals surface area contributed by atoms with Crippen molar-refractivity contribution in [3.05, 3.63) is 35.1 Å². The molecule has 1 rings (SSSR count). The summed E-state index contributed by atoms with van der Waals surface area (Å²) in [5.74, 6) is -1.84. The van der Waals surface area contributed by atoms with Gasteiger partial charge in [-0.1, -0.05) is 13.8 Å². The molecular weight excluding hydrogens is 276 g/mol. The first-order valence-electron chi connectivity index (χ1n) is 6.10. The average Bonchev–Trinajstić information content (AvgIpc) is 2.33. The summed E-state index contributed by atoms with van der Waals surface area (Å²) in [5.41, 5.74) is -1.66. The number of nitrogens with one attached hydrogen (secondary N) is 2. The Morgan fingerprint density at radius 1 is 1.25 bits per heavy atom. The molecular formula is C13H16F4N2O. The van der Waals surface area contributed by atoms with Crippen molar-refractivity contribution in [2.24, 2.45) is 0 Å². The number of carbonyl (C=O) groups is 1. The van der Waals surface area contributed by atoms with Gasteiger partial charge in [0.25, 0.3) is 5.91 Å². The van der Waals surface area contributed by atoms with E-state index in [0.717, 1.165) is 0 Å². The van der Waals surface area contributed by atoms with Crippen LogP contribution in [0.25, 0.3) is 0 Å². The van der Waals surface area contributed by atoms with E-state index in [0.29, 0.717) is 24.7 Å². The second kappa shape index (κ2) is 6.69. The molecule has 0 spiro atoms. The third-order valence-corrected chi connectivity index (χ3v) is 2.50. The van der Waals surface area contributed by atoms with Crippen LogP contribution in [0.2, 0.25) is 0 Å². The fourth-order valence-electron chi connectivity index (χ4n) is 1.51. The van der Waals surface area contributed by atoms with Gasteiger partial charge in [-0.3, -0.25) is 4.79 Å². The maximum Gasteiger partial charge on any atom is 0.416 e. The summed E-state index contributed by atoms with van der Waals surface area (Å²) in [6.07, 6.45) is -4.61. The molecule has 0 saturated carbocycles. The van der Waals surface area contributed by atoms with Crippen molar-refractivity contribution in [2.45, 2.75) is 26.1 Å². The van der Waals surface area contributed by atoms with Gasteiger partial charge >= 0.3 is 6.18 Å². The van der Waals surface area contributed by atoms with Crippen LogP contribution < -0.4 is 10.6 Å². The largest absolute Gasteiger partial charge is 0.416 e. The van der Waals surface area contributed by atoms with Gasteiger partial charge in [0.15, 0.2) is 0 Å². The molecule has 112 valence electrons. The third kappa shape index (κ3) is 4.80. The summed E-state index contributed by atoms with van der Waals surface area (Å²) in [7, 11) is 0. The number of rotatable bonds is 5. The lowest BCUT2D eigenvalue weighted by Crippen LogP contribution is -2.35. The molecule has 20 heavy (non-hydrogen) atoms. The Morgan fingerprint density at radius 3 is 2.45 bits per heavy atom. The molecule has 0 radical (unpaired) electrons. The monoisotopic (exact) mass is 292 g/mol. The summed E-state index contributed by atoms with van der Waals surface area (Å²) in [5, 5.41) is 5.38. The van der Waals surface area contributed by atoms with Crippen molar-refractivity contribution in [1.29, 1.82) is 0 Å². The molecule has 0 aliphatic carbocycles. The predicted molar refractivity (Wildman–Crippen MR) is 66.9 cm³/mol. The molecule has 0 aromatic heterocycles. The molecule has 0 heterocycles. The molecule has 0 aliphatic rings. The topological polar surface area (TPSA) is 41.1 Å². The van der Waals surface area contributed by atoms with Crippen LogP contribution in [0.5, 0.6) is 0 Å². The molecule has 1 aromatic rings. The standard InChI is InChI=1S/C13H16F4N2O/c1-8(2)18-5-6-19-12(20)10-7-9(13(15,16)17)3-4-11(10)14/h3-4,7-8,18H,5-6H2,1-2H3,(H,19,20). The van der Waals surface area contributed by atoms with Crippen LogP contribution in [0.15, 0.2) is 18.2 Å². The highest BCUT2D eigenvalue weighted by atomic mass is 19.4. The van der Waals surface area contributed by atoms with Crippen LogP contribution in [0.4, 0.5) is 17.6 Å².